The van der Waals surface area contributed by atoms with Gasteiger partial charge in [-0.2, -0.15) is 17.4 Å². The molecule has 0 saturated carbocycles. The first-order chi connectivity index (χ1) is 6.88. The Morgan fingerprint density at radius 1 is 1.27 bits per heavy atom. The number of nitrogens with one attached hydrogen (secondary N) is 1. The van der Waals surface area contributed by atoms with Crippen LogP contribution in [0.15, 0.2) is 0 Å². The second-order valence-corrected chi connectivity index (χ2v) is 6.30. The molecule has 0 rings (SSSR count). The highest BCUT2D eigenvalue weighted by molar-refractivity contribution is 14.1. The van der Waals surface area contributed by atoms with Crippen molar-refractivity contribution in [2.75, 3.05) is 17.5 Å². The van der Waals surface area contributed by atoms with Crippen LogP contribution in [0.2, 0.25) is 0 Å². The van der Waals surface area contributed by atoms with Gasteiger partial charge in [0.2, 0.25) is 0 Å². The molecule has 0 bridgehead atoms. The fourth-order valence-corrected chi connectivity index (χ4v) is 4.28. The van der Waals surface area contributed by atoms with E-state index in [0.717, 1.165) is 4.43 Å². The van der Waals surface area contributed by atoms with E-state index in [0.29, 0.717) is 19.0 Å². The lowest BCUT2D eigenvalue weighted by molar-refractivity contribution is 0.412. The number of halogens is 1. The van der Waals surface area contributed by atoms with E-state index in [4.69, 9.17) is 0 Å². The second-order valence-electron chi connectivity index (χ2n) is 3.71. The zero-order valence-corrected chi connectivity index (χ0v) is 12.8. The van der Waals surface area contributed by atoms with Gasteiger partial charge in [-0.1, -0.05) is 50.3 Å². The molecule has 0 aromatic rings. The number of rotatable bonds is 7. The van der Waals surface area contributed by atoms with Crippen molar-refractivity contribution in [2.24, 2.45) is 5.92 Å². The molecule has 0 fully saturated rings. The summed E-state index contributed by atoms with van der Waals surface area (Å²) in [7, 11) is -3.30. The summed E-state index contributed by atoms with van der Waals surface area (Å²) in [6, 6.07) is 0.0104. The first-order valence-corrected chi connectivity index (χ1v) is 8.18. The molecule has 15 heavy (non-hydrogen) atoms. The second kappa shape index (κ2) is 7.03. The topological polar surface area (TPSA) is 49.4 Å². The molecule has 4 nitrogen and oxygen atoms in total. The van der Waals surface area contributed by atoms with Crippen molar-refractivity contribution >= 4 is 32.8 Å². The van der Waals surface area contributed by atoms with Crippen molar-refractivity contribution in [1.82, 2.24) is 9.03 Å². The van der Waals surface area contributed by atoms with Gasteiger partial charge in [-0.05, 0) is 5.92 Å². The molecule has 0 aliphatic heterocycles. The molecule has 0 heterocycles. The van der Waals surface area contributed by atoms with Gasteiger partial charge in [0.1, 0.15) is 0 Å². The Morgan fingerprint density at radius 2 is 1.73 bits per heavy atom. The molecule has 1 atom stereocenters. The zero-order valence-electron chi connectivity index (χ0n) is 9.83. The van der Waals surface area contributed by atoms with Crippen molar-refractivity contribution < 1.29 is 8.42 Å². The molecule has 0 aliphatic carbocycles. The van der Waals surface area contributed by atoms with Gasteiger partial charge in [-0.3, -0.25) is 0 Å². The van der Waals surface area contributed by atoms with Gasteiger partial charge in [0.05, 0.1) is 0 Å². The predicted molar refractivity (Wildman–Crippen MR) is 72.5 cm³/mol. The van der Waals surface area contributed by atoms with Crippen LogP contribution in [0.4, 0.5) is 0 Å². The third kappa shape index (κ3) is 4.97. The van der Waals surface area contributed by atoms with Crippen LogP contribution in [-0.4, -0.2) is 36.3 Å². The Morgan fingerprint density at radius 3 is 2.00 bits per heavy atom. The van der Waals surface area contributed by atoms with Crippen LogP contribution in [0.25, 0.3) is 0 Å². The van der Waals surface area contributed by atoms with E-state index in [-0.39, 0.29) is 6.04 Å². The maximum absolute atomic E-state index is 11.9. The van der Waals surface area contributed by atoms with Crippen LogP contribution in [0.5, 0.6) is 0 Å². The van der Waals surface area contributed by atoms with E-state index in [9.17, 15) is 8.42 Å². The number of hydrogen-bond acceptors (Lipinski definition) is 2. The quantitative estimate of drug-likeness (QED) is 0.562. The molecule has 1 unspecified atom stereocenters. The van der Waals surface area contributed by atoms with E-state index in [2.05, 4.69) is 27.3 Å². The SMILES string of the molecule is CCN(CC)S(=O)(=O)NC(CI)C(C)C. The summed E-state index contributed by atoms with van der Waals surface area (Å²) in [6.45, 7) is 8.76. The molecule has 0 aromatic carbocycles. The first-order valence-electron chi connectivity index (χ1n) is 5.22. The monoisotopic (exact) mass is 348 g/mol. The van der Waals surface area contributed by atoms with E-state index < -0.39 is 10.2 Å². The minimum Gasteiger partial charge on any atom is -0.198 e. The molecule has 92 valence electrons. The van der Waals surface area contributed by atoms with E-state index in [1.54, 1.807) is 0 Å². The smallest absolute Gasteiger partial charge is 0.198 e. The van der Waals surface area contributed by atoms with Gasteiger partial charge >= 0.3 is 0 Å². The Kier molecular flexibility index (Phi) is 7.31. The zero-order chi connectivity index (χ0) is 12.1. The summed E-state index contributed by atoms with van der Waals surface area (Å²) in [6.07, 6.45) is 0. The van der Waals surface area contributed by atoms with E-state index in [1.165, 1.54) is 4.31 Å². The van der Waals surface area contributed by atoms with Crippen molar-refractivity contribution in [3.63, 3.8) is 0 Å². The Labute approximate surface area is 107 Å². The number of nitrogens with zero attached hydrogens (tertiary/aromatic N) is 1. The summed E-state index contributed by atoms with van der Waals surface area (Å²) in [5, 5.41) is 0. The largest absolute Gasteiger partial charge is 0.279 e. The van der Waals surface area contributed by atoms with E-state index >= 15 is 0 Å². The van der Waals surface area contributed by atoms with Gasteiger partial charge in [-0.15, -0.1) is 0 Å². The Balaban J connectivity index is 4.61. The summed E-state index contributed by atoms with van der Waals surface area (Å²) in [5.74, 6) is 0.312. The highest BCUT2D eigenvalue weighted by atomic mass is 127. The molecule has 6 heteroatoms. The Bertz CT molecular complexity index is 263. The number of alkyl halides is 1. The molecule has 0 aromatic heterocycles. The highest BCUT2D eigenvalue weighted by Crippen LogP contribution is 2.08. The van der Waals surface area contributed by atoms with Gasteiger partial charge in [-0.25, -0.2) is 0 Å². The van der Waals surface area contributed by atoms with Crippen LogP contribution in [0, 0.1) is 5.92 Å². The third-order valence-corrected chi connectivity index (χ3v) is 5.06. The molecule has 0 spiro atoms. The molecule has 0 amide bonds. The molecule has 0 radical (unpaired) electrons. The Hall–Kier alpha value is 0.600. The molecule has 0 saturated heterocycles. The van der Waals surface area contributed by atoms with Gasteiger partial charge in [0.25, 0.3) is 10.2 Å². The van der Waals surface area contributed by atoms with Crippen LogP contribution < -0.4 is 4.72 Å². The lowest BCUT2D eigenvalue weighted by Gasteiger charge is -2.25. The van der Waals surface area contributed by atoms with Crippen molar-refractivity contribution in [1.29, 1.82) is 0 Å². The minimum absolute atomic E-state index is 0.0104. The molecule has 1 N–H and O–H groups in total. The van der Waals surface area contributed by atoms with Crippen LogP contribution >= 0.6 is 22.6 Å². The average molecular weight is 348 g/mol. The van der Waals surface area contributed by atoms with Crippen molar-refractivity contribution in [3.05, 3.63) is 0 Å². The third-order valence-electron chi connectivity index (χ3n) is 2.32. The van der Waals surface area contributed by atoms with E-state index in [1.807, 2.05) is 27.7 Å². The fourth-order valence-electron chi connectivity index (χ4n) is 1.18. The molecular weight excluding hydrogens is 327 g/mol. The molecule has 0 aliphatic rings. The first kappa shape index (κ1) is 15.6. The lowest BCUT2D eigenvalue weighted by atomic mass is 10.1. The van der Waals surface area contributed by atoms with Crippen LogP contribution in [-0.2, 0) is 10.2 Å². The maximum Gasteiger partial charge on any atom is 0.279 e. The van der Waals surface area contributed by atoms with Crippen molar-refractivity contribution in [3.8, 4) is 0 Å². The minimum atomic E-state index is -3.30. The predicted octanol–water partition coefficient (Wildman–Crippen LogP) is 1.62. The summed E-state index contributed by atoms with van der Waals surface area (Å²) in [5.41, 5.74) is 0. The van der Waals surface area contributed by atoms with Gasteiger partial charge in [0.15, 0.2) is 0 Å². The summed E-state index contributed by atoms with van der Waals surface area (Å²) < 4.78 is 28.7. The van der Waals surface area contributed by atoms with Crippen molar-refractivity contribution in [2.45, 2.75) is 33.7 Å². The van der Waals surface area contributed by atoms with Gasteiger partial charge in [0, 0.05) is 23.6 Å². The van der Waals surface area contributed by atoms with Crippen LogP contribution in [0.3, 0.4) is 0 Å². The number of hydrogen-bond donors (Lipinski definition) is 1. The highest BCUT2D eigenvalue weighted by Gasteiger charge is 2.23. The maximum atomic E-state index is 11.9. The normalized spacial score (nSPS) is 14.9. The lowest BCUT2D eigenvalue weighted by Crippen LogP contribution is -2.47. The van der Waals surface area contributed by atoms with Gasteiger partial charge < -0.3 is 0 Å². The summed E-state index contributed by atoms with van der Waals surface area (Å²) in [4.78, 5) is 0. The average Bonchev–Trinajstić information content (AvgIpc) is 2.15. The standard InChI is InChI=1S/C9H21IN2O2S/c1-5-12(6-2)15(13,14)11-9(7-10)8(3)4/h8-9,11H,5-7H2,1-4H3. The summed E-state index contributed by atoms with van der Waals surface area (Å²) >= 11 is 2.21. The fraction of sp³-hybridized carbons (Fsp3) is 1.00. The molecular formula is C9H21IN2O2S. The van der Waals surface area contributed by atoms with Crippen LogP contribution in [0.1, 0.15) is 27.7 Å².